The van der Waals surface area contributed by atoms with Crippen LogP contribution in [0.15, 0.2) is 48.8 Å². The zero-order valence-corrected chi connectivity index (χ0v) is 20.1. The number of amides is 2. The Morgan fingerprint density at radius 1 is 1.14 bits per heavy atom. The van der Waals surface area contributed by atoms with Crippen LogP contribution in [-0.4, -0.2) is 48.2 Å². The van der Waals surface area contributed by atoms with Crippen LogP contribution in [0.2, 0.25) is 0 Å². The minimum Gasteiger partial charge on any atom is -0.462 e. The van der Waals surface area contributed by atoms with E-state index in [1.54, 1.807) is 36.7 Å². The molecule has 2 aromatic heterocycles. The average Bonchev–Trinajstić information content (AvgIpc) is 3.29. The molecule has 10 heteroatoms. The van der Waals surface area contributed by atoms with Gasteiger partial charge in [-0.25, -0.2) is 4.39 Å². The maximum absolute atomic E-state index is 12.8. The van der Waals surface area contributed by atoms with Crippen molar-refractivity contribution in [2.45, 2.75) is 32.1 Å². The first-order valence-corrected chi connectivity index (χ1v) is 12.2. The summed E-state index contributed by atoms with van der Waals surface area (Å²) >= 11 is 1.46. The molecule has 4 rings (SSSR count). The number of fused-ring (bicyclic) bond motifs is 1. The van der Waals surface area contributed by atoms with Crippen LogP contribution < -0.4 is 10.1 Å². The second kappa shape index (κ2) is 13.7. The van der Waals surface area contributed by atoms with Crippen LogP contribution in [0.4, 0.5) is 13.8 Å². The van der Waals surface area contributed by atoms with Gasteiger partial charge in [0.15, 0.2) is 0 Å². The quantitative estimate of drug-likeness (QED) is 0.394. The largest absolute Gasteiger partial charge is 0.462 e. The molecule has 0 atom stereocenters. The highest BCUT2D eigenvalue weighted by Crippen LogP contribution is 2.27. The third-order valence-corrected chi connectivity index (χ3v) is 7.18. The van der Waals surface area contributed by atoms with E-state index in [-0.39, 0.29) is 21.2 Å². The number of likely N-dealkylation sites (tertiary alicyclic amines) is 1. The Labute approximate surface area is 206 Å². The number of hydrogen-bond donors (Lipinski definition) is 1. The molecule has 3 aromatic rings. The summed E-state index contributed by atoms with van der Waals surface area (Å²) < 4.78 is 18.6. The lowest BCUT2D eigenvalue weighted by Crippen LogP contribution is -2.38. The molecule has 2 amide bonds. The molecule has 6 nitrogen and oxygen atoms in total. The molecule has 1 aliphatic heterocycles. The summed E-state index contributed by atoms with van der Waals surface area (Å²) in [6.07, 6.45) is 8.51. The van der Waals surface area contributed by atoms with Crippen LogP contribution in [-0.2, 0) is 0 Å². The van der Waals surface area contributed by atoms with Gasteiger partial charge in [-0.15, -0.1) is 11.3 Å². The van der Waals surface area contributed by atoms with E-state index in [0.717, 1.165) is 42.2 Å². The van der Waals surface area contributed by atoms with Gasteiger partial charge in [0.1, 0.15) is 5.75 Å². The Morgan fingerprint density at radius 2 is 1.91 bits per heavy atom. The lowest BCUT2D eigenvalue weighted by Gasteiger charge is -2.32. The SMILES string of the molecule is F.F.O=C(NCCCCC1CCN(C(=O)c2ccccc2OCF)CC1)c1cc2ccncc2s1. The van der Waals surface area contributed by atoms with Gasteiger partial charge in [0.05, 0.1) is 15.1 Å². The number of rotatable bonds is 9. The zero-order chi connectivity index (χ0) is 23.0. The lowest BCUT2D eigenvalue weighted by atomic mass is 9.91. The van der Waals surface area contributed by atoms with E-state index in [1.807, 2.05) is 17.0 Å². The van der Waals surface area contributed by atoms with Crippen molar-refractivity contribution in [3.63, 3.8) is 0 Å². The number of hydrogen-bond acceptors (Lipinski definition) is 5. The summed E-state index contributed by atoms with van der Waals surface area (Å²) in [6, 6.07) is 10.6. The summed E-state index contributed by atoms with van der Waals surface area (Å²) in [5.74, 6) is 0.746. The number of benzene rings is 1. The predicted molar refractivity (Wildman–Crippen MR) is 132 cm³/mol. The van der Waals surface area contributed by atoms with E-state index < -0.39 is 6.86 Å². The molecule has 1 aromatic carbocycles. The molecule has 190 valence electrons. The summed E-state index contributed by atoms with van der Waals surface area (Å²) in [5, 5.41) is 4.06. The number of nitrogens with zero attached hydrogens (tertiary/aromatic N) is 2. The van der Waals surface area contributed by atoms with Crippen LogP contribution in [0.3, 0.4) is 0 Å². The molecule has 0 unspecified atom stereocenters. The number of piperidine rings is 1. The van der Waals surface area contributed by atoms with E-state index in [0.29, 0.717) is 41.7 Å². The Kier molecular flexibility index (Phi) is 11.0. The highest BCUT2D eigenvalue weighted by molar-refractivity contribution is 7.20. The van der Waals surface area contributed by atoms with E-state index >= 15 is 0 Å². The van der Waals surface area contributed by atoms with Crippen LogP contribution in [0.25, 0.3) is 10.1 Å². The molecular formula is C25H30F3N3O3S. The minimum atomic E-state index is -0.950. The van der Waals surface area contributed by atoms with Gasteiger partial charge in [0, 0.05) is 32.0 Å². The second-order valence-electron chi connectivity index (χ2n) is 8.26. The van der Waals surface area contributed by atoms with Crippen LogP contribution in [0, 0.1) is 5.92 Å². The molecular weight excluding hydrogens is 479 g/mol. The zero-order valence-electron chi connectivity index (χ0n) is 19.3. The number of halogens is 3. The highest BCUT2D eigenvalue weighted by atomic mass is 32.1. The molecule has 0 radical (unpaired) electrons. The van der Waals surface area contributed by atoms with E-state index in [4.69, 9.17) is 4.74 Å². The number of para-hydroxylation sites is 1. The normalized spacial score (nSPS) is 13.6. The molecule has 3 heterocycles. The first-order valence-electron chi connectivity index (χ1n) is 11.3. The fourth-order valence-corrected chi connectivity index (χ4v) is 5.21. The van der Waals surface area contributed by atoms with Gasteiger partial charge in [-0.2, -0.15) is 0 Å². The number of carbonyl (C=O) groups is 2. The van der Waals surface area contributed by atoms with Crippen molar-refractivity contribution in [2.75, 3.05) is 26.5 Å². The maximum atomic E-state index is 12.8. The summed E-state index contributed by atoms with van der Waals surface area (Å²) in [7, 11) is 0. The van der Waals surface area contributed by atoms with Gasteiger partial charge in [0.25, 0.3) is 11.8 Å². The van der Waals surface area contributed by atoms with E-state index in [1.165, 1.54) is 11.3 Å². The smallest absolute Gasteiger partial charge is 0.261 e. The van der Waals surface area contributed by atoms with Gasteiger partial charge in [-0.05, 0) is 54.8 Å². The number of thiophene rings is 1. The summed E-state index contributed by atoms with van der Waals surface area (Å²) in [4.78, 5) is 31.8. The fourth-order valence-electron chi connectivity index (χ4n) is 4.27. The van der Waals surface area contributed by atoms with Crippen LogP contribution in [0.5, 0.6) is 5.75 Å². The number of carbonyl (C=O) groups excluding carboxylic acids is 2. The van der Waals surface area contributed by atoms with Crippen molar-refractivity contribution >= 4 is 33.2 Å². The third kappa shape index (κ3) is 7.17. The van der Waals surface area contributed by atoms with Crippen molar-refractivity contribution in [1.82, 2.24) is 15.2 Å². The highest BCUT2D eigenvalue weighted by Gasteiger charge is 2.25. The van der Waals surface area contributed by atoms with Gasteiger partial charge >= 0.3 is 0 Å². The Bertz CT molecular complexity index is 1070. The number of alkyl halides is 1. The molecule has 0 spiro atoms. The molecule has 0 aliphatic carbocycles. The van der Waals surface area contributed by atoms with Crippen molar-refractivity contribution in [3.05, 3.63) is 59.2 Å². The molecule has 0 saturated carbocycles. The van der Waals surface area contributed by atoms with Crippen molar-refractivity contribution in [2.24, 2.45) is 5.92 Å². The second-order valence-corrected chi connectivity index (χ2v) is 9.34. The molecule has 1 N–H and O–H groups in total. The predicted octanol–water partition coefficient (Wildman–Crippen LogP) is 5.36. The minimum absolute atomic E-state index is 0. The van der Waals surface area contributed by atoms with Gasteiger partial charge in [0.2, 0.25) is 6.86 Å². The number of nitrogens with one attached hydrogen (secondary N) is 1. The molecule has 1 saturated heterocycles. The van der Waals surface area contributed by atoms with Crippen LogP contribution in [0.1, 0.15) is 52.1 Å². The monoisotopic (exact) mass is 509 g/mol. The van der Waals surface area contributed by atoms with Gasteiger partial charge < -0.3 is 15.0 Å². The maximum Gasteiger partial charge on any atom is 0.261 e. The van der Waals surface area contributed by atoms with Crippen LogP contribution >= 0.6 is 11.3 Å². The van der Waals surface area contributed by atoms with Crippen molar-refractivity contribution < 1.29 is 28.1 Å². The summed E-state index contributed by atoms with van der Waals surface area (Å²) in [5.41, 5.74) is 0.416. The van der Waals surface area contributed by atoms with Gasteiger partial charge in [-0.3, -0.25) is 24.0 Å². The average molecular weight is 510 g/mol. The topological polar surface area (TPSA) is 71.5 Å². The Hall–Kier alpha value is -3.14. The van der Waals surface area contributed by atoms with Gasteiger partial charge in [-0.1, -0.05) is 25.0 Å². The molecule has 1 aliphatic rings. The van der Waals surface area contributed by atoms with E-state index in [2.05, 4.69) is 10.3 Å². The Morgan fingerprint density at radius 3 is 2.66 bits per heavy atom. The Balaban J connectivity index is 0.00000216. The fraction of sp³-hybridized carbons (Fsp3) is 0.400. The number of pyridine rings is 1. The molecule has 0 bridgehead atoms. The molecule has 35 heavy (non-hydrogen) atoms. The third-order valence-electron chi connectivity index (χ3n) is 6.10. The van der Waals surface area contributed by atoms with Crippen molar-refractivity contribution in [3.8, 4) is 5.75 Å². The first kappa shape index (κ1) is 28.1. The standard InChI is InChI=1S/C25H28FN3O3S.2FH/c26-17-32-21-7-2-1-6-20(21)25(31)29-13-9-18(10-14-29)5-3-4-11-28-24(30)22-15-19-8-12-27-16-23(19)33-22;;/h1-2,6-8,12,15-16,18H,3-5,9-11,13-14,17H2,(H,28,30);2*1H. The lowest BCUT2D eigenvalue weighted by molar-refractivity contribution is 0.0678. The first-order chi connectivity index (χ1) is 16.2. The number of unbranched alkanes of at least 4 members (excludes halogenated alkanes) is 1. The van der Waals surface area contributed by atoms with Crippen molar-refractivity contribution in [1.29, 1.82) is 0 Å². The number of ether oxygens (including phenoxy) is 1. The van der Waals surface area contributed by atoms with E-state index in [9.17, 15) is 14.0 Å². The summed E-state index contributed by atoms with van der Waals surface area (Å²) in [6.45, 7) is 1.11. The number of aromatic nitrogens is 1. The molecule has 1 fully saturated rings.